The van der Waals surface area contributed by atoms with Crippen LogP contribution in [0.3, 0.4) is 0 Å². The lowest BCUT2D eigenvalue weighted by Gasteiger charge is -2.28. The van der Waals surface area contributed by atoms with Gasteiger partial charge >= 0.3 is 11.9 Å². The largest absolute Gasteiger partial charge is 0.481 e. The molecule has 0 spiro atoms. The van der Waals surface area contributed by atoms with Crippen LogP contribution in [0, 0.1) is 5.92 Å². The van der Waals surface area contributed by atoms with Crippen molar-refractivity contribution < 1.29 is 39.3 Å². The quantitative estimate of drug-likeness (QED) is 0.159. The molecule has 0 radical (unpaired) electrons. The van der Waals surface area contributed by atoms with E-state index in [1.807, 2.05) is 0 Å². The standard InChI is InChI=1S/C23H34N4O8/c1-3-13(2)19(27-20(31)15(24)9-10-18(29)30)22(33)25-16(11-14-7-5-4-6-8-14)21(32)26-17(12-28)23(34)35/h4-8,13,15-17,19,28H,3,9-12,24H2,1-2H3,(H,25,33)(H,26,32)(H,27,31)(H,29,30)(H,34,35). The molecule has 0 fully saturated rings. The molecule has 0 aliphatic heterocycles. The first-order valence-electron chi connectivity index (χ1n) is 11.3. The van der Waals surface area contributed by atoms with Crippen molar-refractivity contribution in [2.24, 2.45) is 11.7 Å². The Hall–Kier alpha value is -3.51. The molecule has 194 valence electrons. The topological polar surface area (TPSA) is 208 Å². The van der Waals surface area contributed by atoms with Gasteiger partial charge < -0.3 is 37.0 Å². The number of nitrogens with one attached hydrogen (secondary N) is 3. The minimum atomic E-state index is -1.56. The zero-order valence-corrected chi connectivity index (χ0v) is 19.8. The normalized spacial score (nSPS) is 15.1. The maximum atomic E-state index is 13.2. The summed E-state index contributed by atoms with van der Waals surface area (Å²) in [6.07, 6.45) is 0.0792. The smallest absolute Gasteiger partial charge is 0.328 e. The lowest BCUT2D eigenvalue weighted by atomic mass is 9.96. The summed E-state index contributed by atoms with van der Waals surface area (Å²) >= 11 is 0. The molecule has 0 aromatic heterocycles. The van der Waals surface area contributed by atoms with Crippen molar-refractivity contribution in [3.8, 4) is 0 Å². The van der Waals surface area contributed by atoms with Gasteiger partial charge in [0, 0.05) is 12.8 Å². The van der Waals surface area contributed by atoms with Crippen LogP contribution in [-0.4, -0.2) is 75.8 Å². The lowest BCUT2D eigenvalue weighted by molar-refractivity contribution is -0.143. The number of carboxylic acids is 2. The number of carbonyl (C=O) groups excluding carboxylic acids is 3. The third kappa shape index (κ3) is 10.1. The fourth-order valence-corrected chi connectivity index (χ4v) is 3.15. The predicted molar refractivity (Wildman–Crippen MR) is 125 cm³/mol. The second kappa shape index (κ2) is 14.7. The highest BCUT2D eigenvalue weighted by Crippen LogP contribution is 2.11. The van der Waals surface area contributed by atoms with E-state index in [-0.39, 0.29) is 25.2 Å². The van der Waals surface area contributed by atoms with Crippen LogP contribution in [0.15, 0.2) is 30.3 Å². The van der Waals surface area contributed by atoms with Gasteiger partial charge in [-0.2, -0.15) is 0 Å². The number of aliphatic hydroxyl groups is 1. The highest BCUT2D eigenvalue weighted by Gasteiger charge is 2.32. The van der Waals surface area contributed by atoms with E-state index in [1.54, 1.807) is 44.2 Å². The van der Waals surface area contributed by atoms with Gasteiger partial charge in [-0.1, -0.05) is 50.6 Å². The van der Waals surface area contributed by atoms with Crippen molar-refractivity contribution in [1.82, 2.24) is 16.0 Å². The highest BCUT2D eigenvalue weighted by molar-refractivity contribution is 5.94. The van der Waals surface area contributed by atoms with E-state index in [0.717, 1.165) is 0 Å². The van der Waals surface area contributed by atoms with Gasteiger partial charge in [0.25, 0.3) is 0 Å². The molecular weight excluding hydrogens is 460 g/mol. The summed E-state index contributed by atoms with van der Waals surface area (Å²) < 4.78 is 0. The molecule has 0 saturated carbocycles. The molecule has 0 saturated heterocycles. The molecule has 1 aromatic rings. The van der Waals surface area contributed by atoms with Gasteiger partial charge in [0.05, 0.1) is 12.6 Å². The Morgan fingerprint density at radius 2 is 1.51 bits per heavy atom. The third-order valence-electron chi connectivity index (χ3n) is 5.51. The first-order chi connectivity index (χ1) is 16.5. The number of nitrogens with two attached hydrogens (primary N) is 1. The number of rotatable bonds is 15. The van der Waals surface area contributed by atoms with E-state index in [2.05, 4.69) is 16.0 Å². The van der Waals surface area contributed by atoms with Gasteiger partial charge in [-0.3, -0.25) is 19.2 Å². The number of hydrogen-bond donors (Lipinski definition) is 7. The van der Waals surface area contributed by atoms with E-state index < -0.39 is 60.4 Å². The Labute approximate surface area is 203 Å². The summed E-state index contributed by atoms with van der Waals surface area (Å²) in [5, 5.41) is 34.5. The van der Waals surface area contributed by atoms with Crippen LogP contribution in [0.1, 0.15) is 38.7 Å². The Morgan fingerprint density at radius 1 is 0.914 bits per heavy atom. The second-order valence-corrected chi connectivity index (χ2v) is 8.24. The number of amides is 3. The predicted octanol–water partition coefficient (Wildman–Crippen LogP) is -1.00. The number of hydrogen-bond acceptors (Lipinski definition) is 7. The Balaban J connectivity index is 3.07. The number of aliphatic carboxylic acids is 2. The van der Waals surface area contributed by atoms with Crippen LogP contribution in [0.2, 0.25) is 0 Å². The molecule has 1 aromatic carbocycles. The van der Waals surface area contributed by atoms with Gasteiger partial charge in [0.1, 0.15) is 18.1 Å². The third-order valence-corrected chi connectivity index (χ3v) is 5.51. The first-order valence-corrected chi connectivity index (χ1v) is 11.3. The second-order valence-electron chi connectivity index (χ2n) is 8.24. The molecule has 12 heteroatoms. The molecular formula is C23H34N4O8. The summed E-state index contributed by atoms with van der Waals surface area (Å²) in [4.78, 5) is 60.4. The zero-order valence-electron chi connectivity index (χ0n) is 19.8. The summed E-state index contributed by atoms with van der Waals surface area (Å²) in [7, 11) is 0. The van der Waals surface area contributed by atoms with Gasteiger partial charge in [-0.25, -0.2) is 4.79 Å². The fourth-order valence-electron chi connectivity index (χ4n) is 3.15. The van der Waals surface area contributed by atoms with Crippen molar-refractivity contribution >= 4 is 29.7 Å². The molecule has 0 bridgehead atoms. The average molecular weight is 495 g/mol. The minimum absolute atomic E-state index is 0.0233. The molecule has 12 nitrogen and oxygen atoms in total. The number of carboxylic acid groups (broad SMARTS) is 2. The fraction of sp³-hybridized carbons (Fsp3) is 0.522. The van der Waals surface area contributed by atoms with Crippen LogP contribution in [0.4, 0.5) is 0 Å². The number of carbonyl (C=O) groups is 5. The minimum Gasteiger partial charge on any atom is -0.481 e. The summed E-state index contributed by atoms with van der Waals surface area (Å²) in [6, 6.07) is 3.70. The lowest BCUT2D eigenvalue weighted by Crippen LogP contribution is -2.59. The van der Waals surface area contributed by atoms with Crippen LogP contribution >= 0.6 is 0 Å². The first kappa shape index (κ1) is 29.5. The molecule has 35 heavy (non-hydrogen) atoms. The molecule has 0 aliphatic rings. The summed E-state index contributed by atoms with van der Waals surface area (Å²) in [6.45, 7) is 2.67. The number of benzene rings is 1. The molecule has 5 atom stereocenters. The van der Waals surface area contributed by atoms with E-state index >= 15 is 0 Å². The van der Waals surface area contributed by atoms with E-state index in [0.29, 0.717) is 12.0 Å². The van der Waals surface area contributed by atoms with Crippen LogP contribution < -0.4 is 21.7 Å². The summed E-state index contributed by atoms with van der Waals surface area (Å²) in [5.41, 5.74) is 6.44. The Bertz CT molecular complexity index is 880. The van der Waals surface area contributed by atoms with Gasteiger partial charge in [-0.05, 0) is 17.9 Å². The van der Waals surface area contributed by atoms with Gasteiger partial charge in [-0.15, -0.1) is 0 Å². The maximum Gasteiger partial charge on any atom is 0.328 e. The van der Waals surface area contributed by atoms with E-state index in [4.69, 9.17) is 15.9 Å². The Morgan fingerprint density at radius 3 is 2.03 bits per heavy atom. The summed E-state index contributed by atoms with van der Waals surface area (Å²) in [5.74, 6) is -5.13. The maximum absolute atomic E-state index is 13.2. The molecule has 3 amide bonds. The zero-order chi connectivity index (χ0) is 26.5. The van der Waals surface area contributed by atoms with Crippen LogP contribution in [0.5, 0.6) is 0 Å². The van der Waals surface area contributed by atoms with Crippen molar-refractivity contribution in [1.29, 1.82) is 0 Å². The van der Waals surface area contributed by atoms with E-state index in [9.17, 15) is 29.1 Å². The average Bonchev–Trinajstić information content (AvgIpc) is 2.83. The molecule has 1 rings (SSSR count). The van der Waals surface area contributed by atoms with Gasteiger partial charge in [0.2, 0.25) is 17.7 Å². The SMILES string of the molecule is CCC(C)C(NC(=O)C(N)CCC(=O)O)C(=O)NC(Cc1ccccc1)C(=O)NC(CO)C(=O)O. The van der Waals surface area contributed by atoms with Crippen LogP contribution in [0.25, 0.3) is 0 Å². The van der Waals surface area contributed by atoms with Crippen molar-refractivity contribution in [3.63, 3.8) is 0 Å². The van der Waals surface area contributed by atoms with Crippen molar-refractivity contribution in [2.75, 3.05) is 6.61 Å². The Kier molecular flexibility index (Phi) is 12.4. The van der Waals surface area contributed by atoms with Crippen molar-refractivity contribution in [2.45, 2.75) is 63.7 Å². The molecule has 0 aliphatic carbocycles. The monoisotopic (exact) mass is 494 g/mol. The molecule has 8 N–H and O–H groups in total. The van der Waals surface area contributed by atoms with E-state index in [1.165, 1.54) is 0 Å². The van der Waals surface area contributed by atoms with Crippen molar-refractivity contribution in [3.05, 3.63) is 35.9 Å². The highest BCUT2D eigenvalue weighted by atomic mass is 16.4. The van der Waals surface area contributed by atoms with Gasteiger partial charge in [0.15, 0.2) is 0 Å². The number of aliphatic hydroxyl groups excluding tert-OH is 1. The molecule has 5 unspecified atom stereocenters. The van der Waals surface area contributed by atoms with Crippen LogP contribution in [-0.2, 0) is 30.4 Å². The molecule has 0 heterocycles.